The maximum absolute atomic E-state index is 10.7. The number of nitrogens with zero attached hydrogens (tertiary/aromatic N) is 1. The number of hydrogen-bond donors (Lipinski definition) is 0. The molecule has 6 heteroatoms. The summed E-state index contributed by atoms with van der Waals surface area (Å²) in [5.41, 5.74) is 0.0345. The summed E-state index contributed by atoms with van der Waals surface area (Å²) in [5, 5.41) is 10.7. The molecule has 0 radical (unpaired) electrons. The second-order valence-electron chi connectivity index (χ2n) is 3.65. The second kappa shape index (κ2) is 4.71. The highest BCUT2D eigenvalue weighted by Crippen LogP contribution is 2.37. The maximum atomic E-state index is 10.7. The average Bonchev–Trinajstić information content (AvgIpc) is 2.18. The second-order valence-corrected chi connectivity index (χ2v) is 5.74. The zero-order chi connectivity index (χ0) is 11.7. The van der Waals surface area contributed by atoms with Gasteiger partial charge in [0.2, 0.25) is 0 Å². The van der Waals surface area contributed by atoms with Gasteiger partial charge in [-0.3, -0.25) is 10.1 Å². The monoisotopic (exact) mass is 349 g/mol. The number of ether oxygens (including phenoxy) is 1. The van der Waals surface area contributed by atoms with Crippen LogP contribution in [0.2, 0.25) is 0 Å². The molecule has 1 aliphatic carbocycles. The summed E-state index contributed by atoms with van der Waals surface area (Å²) < 4.78 is 6.08. The lowest BCUT2D eigenvalue weighted by atomic mass is 9.96. The van der Waals surface area contributed by atoms with Crippen molar-refractivity contribution in [3.8, 4) is 5.75 Å². The zero-order valence-corrected chi connectivity index (χ0v) is 11.4. The molecule has 0 spiro atoms. The first-order valence-corrected chi connectivity index (χ1v) is 6.52. The molecule has 1 aliphatic rings. The molecule has 0 heterocycles. The molecule has 16 heavy (non-hydrogen) atoms. The van der Waals surface area contributed by atoms with Gasteiger partial charge in [0.25, 0.3) is 5.69 Å². The molecule has 1 fully saturated rings. The number of benzene rings is 1. The van der Waals surface area contributed by atoms with E-state index in [4.69, 9.17) is 4.74 Å². The summed E-state index contributed by atoms with van der Waals surface area (Å²) in [6.45, 7) is 0. The molecular formula is C10H9Br2NO3. The first kappa shape index (κ1) is 11.9. The number of nitro benzene ring substituents is 1. The van der Waals surface area contributed by atoms with Crippen LogP contribution in [0.25, 0.3) is 0 Å². The lowest BCUT2D eigenvalue weighted by molar-refractivity contribution is -0.385. The lowest BCUT2D eigenvalue weighted by Crippen LogP contribution is -2.34. The molecule has 0 aliphatic heterocycles. The molecule has 0 bridgehead atoms. The van der Waals surface area contributed by atoms with Crippen LogP contribution in [0.3, 0.4) is 0 Å². The Hall–Kier alpha value is -0.620. The van der Waals surface area contributed by atoms with E-state index in [0.29, 0.717) is 15.0 Å². The van der Waals surface area contributed by atoms with Gasteiger partial charge in [0.15, 0.2) is 0 Å². The van der Waals surface area contributed by atoms with Gasteiger partial charge in [-0.25, -0.2) is 0 Å². The van der Waals surface area contributed by atoms with Crippen molar-refractivity contribution in [3.63, 3.8) is 0 Å². The van der Waals surface area contributed by atoms with Crippen LogP contribution in [0.15, 0.2) is 22.7 Å². The Kier molecular flexibility index (Phi) is 3.49. The quantitative estimate of drug-likeness (QED) is 0.475. The van der Waals surface area contributed by atoms with E-state index in [2.05, 4.69) is 31.9 Å². The minimum absolute atomic E-state index is 0.0345. The molecule has 0 unspecified atom stereocenters. The summed E-state index contributed by atoms with van der Waals surface area (Å²) in [7, 11) is 0. The van der Waals surface area contributed by atoms with Gasteiger partial charge in [-0.1, -0.05) is 22.0 Å². The number of rotatable bonds is 3. The Morgan fingerprint density at radius 1 is 1.44 bits per heavy atom. The van der Waals surface area contributed by atoms with Crippen molar-refractivity contribution in [1.29, 1.82) is 0 Å². The predicted molar refractivity (Wildman–Crippen MR) is 67.2 cm³/mol. The van der Waals surface area contributed by atoms with E-state index in [1.807, 2.05) is 0 Å². The highest BCUT2D eigenvalue weighted by Gasteiger charge is 2.29. The minimum Gasteiger partial charge on any atom is -0.489 e. The molecule has 0 saturated heterocycles. The van der Waals surface area contributed by atoms with Gasteiger partial charge in [-0.15, -0.1) is 0 Å². The smallest absolute Gasteiger partial charge is 0.287 e. The predicted octanol–water partition coefficient (Wildman–Crippen LogP) is 3.66. The minimum atomic E-state index is -0.426. The molecule has 0 aromatic heterocycles. The van der Waals surface area contributed by atoms with Crippen molar-refractivity contribution in [2.45, 2.75) is 23.8 Å². The van der Waals surface area contributed by atoms with E-state index in [1.54, 1.807) is 12.1 Å². The highest BCUT2D eigenvalue weighted by molar-refractivity contribution is 9.10. The van der Waals surface area contributed by atoms with Crippen LogP contribution in [-0.4, -0.2) is 15.9 Å². The van der Waals surface area contributed by atoms with Gasteiger partial charge in [-0.05, 0) is 34.8 Å². The van der Waals surface area contributed by atoms with Gasteiger partial charge < -0.3 is 4.74 Å². The van der Waals surface area contributed by atoms with Crippen molar-refractivity contribution in [1.82, 2.24) is 0 Å². The van der Waals surface area contributed by atoms with Gasteiger partial charge in [-0.2, -0.15) is 0 Å². The Balaban J connectivity index is 2.15. The number of alkyl halides is 1. The summed E-state index contributed by atoms with van der Waals surface area (Å²) in [5.74, 6) is 0.540. The Bertz CT molecular complexity index is 419. The van der Waals surface area contributed by atoms with Crippen LogP contribution >= 0.6 is 31.9 Å². The maximum Gasteiger partial charge on any atom is 0.287 e. The van der Waals surface area contributed by atoms with Gasteiger partial charge >= 0.3 is 0 Å². The average molecular weight is 351 g/mol. The summed E-state index contributed by atoms with van der Waals surface area (Å²) in [4.78, 5) is 10.8. The fourth-order valence-corrected chi connectivity index (χ4v) is 2.84. The fraction of sp³-hybridized carbons (Fsp3) is 0.400. The van der Waals surface area contributed by atoms with Gasteiger partial charge in [0.1, 0.15) is 16.3 Å². The summed E-state index contributed by atoms with van der Waals surface area (Å²) in [6, 6.07) is 4.81. The lowest BCUT2D eigenvalue weighted by Gasteiger charge is -2.31. The normalized spacial score (nSPS) is 23.6. The standard InChI is InChI=1S/C10H9Br2NO3/c11-6-4-7(5-6)16-9-3-1-2-8(10(9)12)13(14)15/h1-3,6-7H,4-5H2. The molecule has 4 nitrogen and oxygen atoms in total. The molecule has 1 aromatic carbocycles. The van der Waals surface area contributed by atoms with Crippen molar-refractivity contribution in [2.75, 3.05) is 0 Å². The fourth-order valence-electron chi connectivity index (χ4n) is 1.51. The zero-order valence-electron chi connectivity index (χ0n) is 8.23. The Morgan fingerprint density at radius 2 is 2.12 bits per heavy atom. The van der Waals surface area contributed by atoms with Crippen LogP contribution in [0.4, 0.5) is 5.69 Å². The first-order chi connectivity index (χ1) is 7.58. The van der Waals surface area contributed by atoms with E-state index < -0.39 is 4.92 Å². The SMILES string of the molecule is O=[N+]([O-])c1cccc(OC2CC(Br)C2)c1Br. The largest absolute Gasteiger partial charge is 0.489 e. The van der Waals surface area contributed by atoms with Crippen molar-refractivity contribution in [2.24, 2.45) is 0 Å². The van der Waals surface area contributed by atoms with Crippen LogP contribution in [0, 0.1) is 10.1 Å². The van der Waals surface area contributed by atoms with E-state index >= 15 is 0 Å². The van der Waals surface area contributed by atoms with Crippen molar-refractivity contribution < 1.29 is 9.66 Å². The van der Waals surface area contributed by atoms with E-state index in [1.165, 1.54) is 6.07 Å². The third-order valence-electron chi connectivity index (χ3n) is 2.47. The van der Waals surface area contributed by atoms with Gasteiger partial charge in [0.05, 0.1) is 4.92 Å². The van der Waals surface area contributed by atoms with Gasteiger partial charge in [0, 0.05) is 10.9 Å². The van der Waals surface area contributed by atoms with Crippen LogP contribution in [-0.2, 0) is 0 Å². The van der Waals surface area contributed by atoms with Crippen LogP contribution in [0.5, 0.6) is 5.75 Å². The molecule has 0 N–H and O–H groups in total. The third kappa shape index (κ3) is 2.38. The molecule has 1 saturated carbocycles. The third-order valence-corrected chi connectivity index (χ3v) is 4.02. The Morgan fingerprint density at radius 3 is 2.69 bits per heavy atom. The molecule has 86 valence electrons. The summed E-state index contributed by atoms with van der Waals surface area (Å²) in [6.07, 6.45) is 2.03. The Labute approximate surface area is 109 Å². The number of nitro groups is 1. The van der Waals surface area contributed by atoms with E-state index in [9.17, 15) is 10.1 Å². The highest BCUT2D eigenvalue weighted by atomic mass is 79.9. The van der Waals surface area contributed by atoms with E-state index in [-0.39, 0.29) is 11.8 Å². The van der Waals surface area contributed by atoms with Crippen molar-refractivity contribution in [3.05, 3.63) is 32.8 Å². The molecule has 0 atom stereocenters. The molecule has 0 amide bonds. The first-order valence-electron chi connectivity index (χ1n) is 4.81. The number of hydrogen-bond acceptors (Lipinski definition) is 3. The van der Waals surface area contributed by atoms with Crippen LogP contribution in [0.1, 0.15) is 12.8 Å². The topological polar surface area (TPSA) is 52.4 Å². The summed E-state index contributed by atoms with van der Waals surface area (Å²) >= 11 is 6.67. The molecular weight excluding hydrogens is 342 g/mol. The molecule has 1 aromatic rings. The van der Waals surface area contributed by atoms with Crippen LogP contribution < -0.4 is 4.74 Å². The number of halogens is 2. The van der Waals surface area contributed by atoms with E-state index in [0.717, 1.165) is 12.8 Å². The molecule has 2 rings (SSSR count). The van der Waals surface area contributed by atoms with Crippen molar-refractivity contribution >= 4 is 37.5 Å².